The van der Waals surface area contributed by atoms with E-state index in [1.54, 1.807) is 36.3 Å². The van der Waals surface area contributed by atoms with Crippen molar-refractivity contribution in [3.05, 3.63) is 60.7 Å². The number of nitrogens with one attached hydrogen (secondary N) is 1. The minimum Gasteiger partial charge on any atom is -0.497 e. The van der Waals surface area contributed by atoms with Crippen molar-refractivity contribution in [2.45, 2.75) is 6.42 Å². The van der Waals surface area contributed by atoms with E-state index in [-0.39, 0.29) is 24.8 Å². The fraction of sp³-hybridized carbons (Fsp3) is 0.200. The van der Waals surface area contributed by atoms with E-state index in [2.05, 4.69) is 11.9 Å². The number of rotatable bonds is 6. The number of anilines is 2. The zero-order valence-corrected chi connectivity index (χ0v) is 14.5. The third kappa shape index (κ3) is 3.85. The second kappa shape index (κ2) is 7.74. The highest BCUT2D eigenvalue weighted by Crippen LogP contribution is 2.34. The fourth-order valence-corrected chi connectivity index (χ4v) is 2.75. The van der Waals surface area contributed by atoms with E-state index in [0.717, 1.165) is 11.3 Å². The normalized spacial score (nSPS) is 12.8. The van der Waals surface area contributed by atoms with Crippen molar-refractivity contribution in [2.24, 2.45) is 0 Å². The van der Waals surface area contributed by atoms with Crippen LogP contribution in [0.5, 0.6) is 11.5 Å². The van der Waals surface area contributed by atoms with Crippen LogP contribution in [0.25, 0.3) is 0 Å². The number of nitrogens with zero attached hydrogens (tertiary/aromatic N) is 1. The van der Waals surface area contributed by atoms with Gasteiger partial charge in [0.15, 0.2) is 6.61 Å². The fourth-order valence-electron chi connectivity index (χ4n) is 2.75. The molecule has 2 aromatic carbocycles. The molecule has 0 spiro atoms. The predicted molar refractivity (Wildman–Crippen MR) is 99.8 cm³/mol. The van der Waals surface area contributed by atoms with Gasteiger partial charge in [-0.15, -0.1) is 6.58 Å². The molecule has 6 heteroatoms. The molecule has 0 aromatic heterocycles. The molecule has 1 N–H and O–H groups in total. The van der Waals surface area contributed by atoms with Crippen LogP contribution in [0.1, 0.15) is 5.56 Å². The molecule has 2 aromatic rings. The highest BCUT2D eigenvalue weighted by molar-refractivity contribution is 5.99. The number of carbonyl (C=O) groups excluding carboxylic acids is 2. The highest BCUT2D eigenvalue weighted by Gasteiger charge is 2.24. The van der Waals surface area contributed by atoms with Gasteiger partial charge in [0.1, 0.15) is 11.5 Å². The summed E-state index contributed by atoms with van der Waals surface area (Å²) in [5.41, 5.74) is 2.18. The largest absolute Gasteiger partial charge is 0.497 e. The lowest BCUT2D eigenvalue weighted by molar-refractivity contribution is -0.121. The van der Waals surface area contributed by atoms with Gasteiger partial charge >= 0.3 is 0 Å². The zero-order valence-electron chi connectivity index (χ0n) is 14.5. The van der Waals surface area contributed by atoms with Gasteiger partial charge in [-0.2, -0.15) is 0 Å². The molecular weight excluding hydrogens is 332 g/mol. The third-order valence-corrected chi connectivity index (χ3v) is 4.02. The molecule has 1 aliphatic rings. The molecule has 3 rings (SSSR count). The Bertz CT molecular complexity index is 830. The molecule has 0 fully saturated rings. The van der Waals surface area contributed by atoms with Crippen LogP contribution in [-0.2, 0) is 16.0 Å². The van der Waals surface area contributed by atoms with E-state index in [0.29, 0.717) is 23.7 Å². The van der Waals surface area contributed by atoms with Crippen LogP contribution in [0.4, 0.5) is 11.4 Å². The van der Waals surface area contributed by atoms with E-state index in [4.69, 9.17) is 9.47 Å². The Morgan fingerprint density at radius 3 is 2.77 bits per heavy atom. The molecule has 2 amide bonds. The maximum atomic E-state index is 12.3. The Kier molecular flexibility index (Phi) is 5.22. The van der Waals surface area contributed by atoms with Crippen molar-refractivity contribution in [2.75, 3.05) is 30.5 Å². The number of hydrogen-bond acceptors (Lipinski definition) is 4. The molecule has 1 aliphatic heterocycles. The SMILES string of the molecule is C=CCN1C(=O)COc2cc(NC(=O)Cc3ccc(OC)cc3)ccc21. The topological polar surface area (TPSA) is 67.9 Å². The van der Waals surface area contributed by atoms with Gasteiger partial charge in [0.05, 0.1) is 19.2 Å². The van der Waals surface area contributed by atoms with Crippen molar-refractivity contribution >= 4 is 23.2 Å². The molecule has 1 heterocycles. The van der Waals surface area contributed by atoms with Crippen LogP contribution in [0.15, 0.2) is 55.1 Å². The molecule has 0 bridgehead atoms. The van der Waals surface area contributed by atoms with Gasteiger partial charge in [-0.1, -0.05) is 18.2 Å². The van der Waals surface area contributed by atoms with E-state index in [1.165, 1.54) is 0 Å². The average Bonchev–Trinajstić information content (AvgIpc) is 2.65. The lowest BCUT2D eigenvalue weighted by Crippen LogP contribution is -2.38. The predicted octanol–water partition coefficient (Wildman–Crippen LogP) is 2.79. The van der Waals surface area contributed by atoms with Crippen LogP contribution < -0.4 is 19.7 Å². The summed E-state index contributed by atoms with van der Waals surface area (Å²) in [5.74, 6) is 1.06. The van der Waals surface area contributed by atoms with Gasteiger partial charge in [0, 0.05) is 18.3 Å². The molecule has 0 atom stereocenters. The van der Waals surface area contributed by atoms with Crippen LogP contribution in [0.2, 0.25) is 0 Å². The van der Waals surface area contributed by atoms with Gasteiger partial charge in [0.2, 0.25) is 5.91 Å². The zero-order chi connectivity index (χ0) is 18.5. The van der Waals surface area contributed by atoms with Gasteiger partial charge in [0.25, 0.3) is 5.91 Å². The summed E-state index contributed by atoms with van der Waals surface area (Å²) in [7, 11) is 1.60. The molecule has 0 saturated carbocycles. The average molecular weight is 352 g/mol. The lowest BCUT2D eigenvalue weighted by Gasteiger charge is -2.28. The quantitative estimate of drug-likeness (QED) is 0.812. The maximum absolute atomic E-state index is 12.3. The maximum Gasteiger partial charge on any atom is 0.265 e. The summed E-state index contributed by atoms with van der Waals surface area (Å²) in [6, 6.07) is 12.6. The summed E-state index contributed by atoms with van der Waals surface area (Å²) >= 11 is 0. The van der Waals surface area contributed by atoms with Gasteiger partial charge < -0.3 is 19.7 Å². The van der Waals surface area contributed by atoms with Gasteiger partial charge in [-0.05, 0) is 29.8 Å². The van der Waals surface area contributed by atoms with E-state index in [1.807, 2.05) is 24.3 Å². The van der Waals surface area contributed by atoms with E-state index >= 15 is 0 Å². The monoisotopic (exact) mass is 352 g/mol. The number of ether oxygens (including phenoxy) is 2. The molecule has 0 aliphatic carbocycles. The van der Waals surface area contributed by atoms with Gasteiger partial charge in [-0.25, -0.2) is 0 Å². The van der Waals surface area contributed by atoms with Crippen LogP contribution in [0.3, 0.4) is 0 Å². The standard InChI is InChI=1S/C20H20N2O4/c1-3-10-22-17-9-6-15(12-18(17)26-13-20(22)24)21-19(23)11-14-4-7-16(25-2)8-5-14/h3-9,12H,1,10-11,13H2,2H3,(H,21,23). The second-order valence-corrected chi connectivity index (χ2v) is 5.84. The Balaban J connectivity index is 1.69. The van der Waals surface area contributed by atoms with E-state index < -0.39 is 0 Å². The lowest BCUT2D eigenvalue weighted by atomic mass is 10.1. The first kappa shape index (κ1) is 17.5. The summed E-state index contributed by atoms with van der Waals surface area (Å²) in [6.45, 7) is 4.06. The molecule has 0 saturated heterocycles. The first-order chi connectivity index (χ1) is 12.6. The first-order valence-corrected chi connectivity index (χ1v) is 8.21. The summed E-state index contributed by atoms with van der Waals surface area (Å²) in [5, 5.41) is 2.85. The van der Waals surface area contributed by atoms with Crippen molar-refractivity contribution < 1.29 is 19.1 Å². The molecule has 26 heavy (non-hydrogen) atoms. The van der Waals surface area contributed by atoms with Crippen molar-refractivity contribution in [3.8, 4) is 11.5 Å². The summed E-state index contributed by atoms with van der Waals surface area (Å²) < 4.78 is 10.6. The number of carbonyl (C=O) groups is 2. The number of amides is 2. The van der Waals surface area contributed by atoms with Crippen molar-refractivity contribution in [1.82, 2.24) is 0 Å². The third-order valence-electron chi connectivity index (χ3n) is 4.02. The van der Waals surface area contributed by atoms with Crippen molar-refractivity contribution in [1.29, 1.82) is 0 Å². The summed E-state index contributed by atoms with van der Waals surface area (Å²) in [4.78, 5) is 25.8. The Morgan fingerprint density at radius 2 is 2.08 bits per heavy atom. The van der Waals surface area contributed by atoms with E-state index in [9.17, 15) is 9.59 Å². The van der Waals surface area contributed by atoms with Gasteiger partial charge in [-0.3, -0.25) is 9.59 Å². The number of methoxy groups -OCH3 is 1. The minimum absolute atomic E-state index is 0.0237. The Hall–Kier alpha value is -3.28. The number of fused-ring (bicyclic) bond motifs is 1. The van der Waals surface area contributed by atoms with Crippen LogP contribution in [-0.4, -0.2) is 32.1 Å². The van der Waals surface area contributed by atoms with Crippen LogP contribution >= 0.6 is 0 Å². The molecule has 0 unspecified atom stereocenters. The Morgan fingerprint density at radius 1 is 1.31 bits per heavy atom. The minimum atomic E-state index is -0.134. The number of hydrogen-bond donors (Lipinski definition) is 1. The molecule has 0 radical (unpaired) electrons. The second-order valence-electron chi connectivity index (χ2n) is 5.84. The smallest absolute Gasteiger partial charge is 0.265 e. The first-order valence-electron chi connectivity index (χ1n) is 8.21. The Labute approximate surface area is 152 Å². The molecular formula is C20H20N2O4. The number of benzene rings is 2. The van der Waals surface area contributed by atoms with Crippen LogP contribution in [0, 0.1) is 0 Å². The van der Waals surface area contributed by atoms with Crippen molar-refractivity contribution in [3.63, 3.8) is 0 Å². The highest BCUT2D eigenvalue weighted by atomic mass is 16.5. The molecule has 6 nitrogen and oxygen atoms in total. The summed E-state index contributed by atoms with van der Waals surface area (Å²) in [6.07, 6.45) is 1.92. The molecule has 134 valence electrons.